The third-order valence-electron chi connectivity index (χ3n) is 4.58. The highest BCUT2D eigenvalue weighted by Crippen LogP contribution is 2.23. The van der Waals surface area contributed by atoms with Gasteiger partial charge in [0.2, 0.25) is 17.6 Å². The number of nitrogens with zero attached hydrogens (tertiary/aromatic N) is 4. The predicted molar refractivity (Wildman–Crippen MR) is 115 cm³/mol. The van der Waals surface area contributed by atoms with Gasteiger partial charge in [-0.1, -0.05) is 17.3 Å². The van der Waals surface area contributed by atoms with Crippen LogP contribution in [0, 0.1) is 0 Å². The van der Waals surface area contributed by atoms with Gasteiger partial charge >= 0.3 is 0 Å². The van der Waals surface area contributed by atoms with Crippen molar-refractivity contribution in [1.82, 2.24) is 20.0 Å². The van der Waals surface area contributed by atoms with Crippen molar-refractivity contribution in [2.45, 2.75) is 26.3 Å². The lowest BCUT2D eigenvalue weighted by Gasteiger charge is -2.14. The van der Waals surface area contributed by atoms with E-state index in [1.807, 2.05) is 55.5 Å². The van der Waals surface area contributed by atoms with Gasteiger partial charge in [0.1, 0.15) is 10.8 Å². The van der Waals surface area contributed by atoms with Crippen LogP contribution in [0.5, 0.6) is 5.75 Å². The molecule has 0 radical (unpaired) electrons. The zero-order valence-corrected chi connectivity index (χ0v) is 17.7. The minimum absolute atomic E-state index is 0.00933. The van der Waals surface area contributed by atoms with Crippen molar-refractivity contribution in [2.24, 2.45) is 0 Å². The second-order valence-corrected chi connectivity index (χ2v) is 7.91. The quantitative estimate of drug-likeness (QED) is 0.420. The molecule has 0 saturated carbocycles. The van der Waals surface area contributed by atoms with Crippen LogP contribution in [0.3, 0.4) is 0 Å². The molecule has 0 spiro atoms. The summed E-state index contributed by atoms with van der Waals surface area (Å²) in [4.78, 5) is 23.2. The Balaban J connectivity index is 1.32. The zero-order chi connectivity index (χ0) is 20.9. The summed E-state index contributed by atoms with van der Waals surface area (Å²) >= 11 is 1.61. The lowest BCUT2D eigenvalue weighted by atomic mass is 10.2. The van der Waals surface area contributed by atoms with Crippen LogP contribution in [0.4, 0.5) is 0 Å². The highest BCUT2D eigenvalue weighted by atomic mass is 32.1. The maximum Gasteiger partial charge on any atom is 0.227 e. The van der Waals surface area contributed by atoms with Crippen molar-refractivity contribution in [1.29, 1.82) is 0 Å². The normalized spacial score (nSPS) is 11.0. The smallest absolute Gasteiger partial charge is 0.227 e. The number of fused-ring (bicyclic) bond motifs is 1. The number of rotatable bonds is 8. The summed E-state index contributed by atoms with van der Waals surface area (Å²) in [5.74, 6) is 1.76. The first-order chi connectivity index (χ1) is 14.6. The molecule has 1 amide bonds. The first-order valence-corrected chi connectivity index (χ1v) is 10.6. The summed E-state index contributed by atoms with van der Waals surface area (Å²) in [5.41, 5.74) is 1.80. The molecule has 4 aromatic rings. The largest absolute Gasteiger partial charge is 0.494 e. The minimum Gasteiger partial charge on any atom is -0.494 e. The Labute approximate surface area is 178 Å². The zero-order valence-electron chi connectivity index (χ0n) is 16.9. The van der Waals surface area contributed by atoms with Gasteiger partial charge in [-0.15, -0.1) is 11.3 Å². The lowest BCUT2D eigenvalue weighted by Crippen LogP contribution is -2.26. The Kier molecular flexibility index (Phi) is 6.04. The summed E-state index contributed by atoms with van der Waals surface area (Å²) in [7, 11) is 1.79. The van der Waals surface area contributed by atoms with Crippen LogP contribution >= 0.6 is 11.3 Å². The number of para-hydroxylation sites is 1. The average Bonchev–Trinajstić information content (AvgIpc) is 3.39. The van der Waals surface area contributed by atoms with Gasteiger partial charge in [-0.05, 0) is 43.3 Å². The Bertz CT molecular complexity index is 1100. The van der Waals surface area contributed by atoms with Crippen molar-refractivity contribution in [3.63, 3.8) is 0 Å². The number of carbonyl (C=O) groups is 1. The van der Waals surface area contributed by atoms with Gasteiger partial charge in [-0.25, -0.2) is 4.98 Å². The first-order valence-electron chi connectivity index (χ1n) is 9.76. The highest BCUT2D eigenvalue weighted by molar-refractivity contribution is 7.18. The molecule has 2 aromatic heterocycles. The fourth-order valence-corrected chi connectivity index (χ4v) is 4.04. The SMILES string of the molecule is CCOc1ccc(-c2noc(CCC(=O)N(C)Cc3nc4ccccc4s3)n2)cc1. The van der Waals surface area contributed by atoms with Gasteiger partial charge < -0.3 is 14.2 Å². The molecule has 0 saturated heterocycles. The van der Waals surface area contributed by atoms with Crippen LogP contribution in [-0.4, -0.2) is 39.6 Å². The van der Waals surface area contributed by atoms with Crippen LogP contribution in [-0.2, 0) is 17.8 Å². The molecule has 30 heavy (non-hydrogen) atoms. The summed E-state index contributed by atoms with van der Waals surface area (Å²) in [6.45, 7) is 3.05. The summed E-state index contributed by atoms with van der Waals surface area (Å²) in [5, 5.41) is 4.94. The molecular weight excluding hydrogens is 400 g/mol. The summed E-state index contributed by atoms with van der Waals surface area (Å²) < 4.78 is 11.9. The van der Waals surface area contributed by atoms with Crippen molar-refractivity contribution in [3.05, 3.63) is 59.4 Å². The molecule has 0 aliphatic heterocycles. The Morgan fingerprint density at radius 3 is 2.70 bits per heavy atom. The molecule has 0 fully saturated rings. The van der Waals surface area contributed by atoms with Crippen LogP contribution in [0.2, 0.25) is 0 Å². The molecule has 2 heterocycles. The molecule has 0 aliphatic rings. The molecular formula is C22H22N4O3S. The van der Waals surface area contributed by atoms with Gasteiger partial charge in [0.05, 0.1) is 23.4 Å². The molecule has 154 valence electrons. The highest BCUT2D eigenvalue weighted by Gasteiger charge is 2.15. The van der Waals surface area contributed by atoms with E-state index in [0.717, 1.165) is 26.5 Å². The van der Waals surface area contributed by atoms with E-state index in [0.29, 0.717) is 37.7 Å². The maximum atomic E-state index is 12.5. The van der Waals surface area contributed by atoms with E-state index >= 15 is 0 Å². The van der Waals surface area contributed by atoms with E-state index in [1.54, 1.807) is 23.3 Å². The predicted octanol–water partition coefficient (Wildman–Crippen LogP) is 4.34. The maximum absolute atomic E-state index is 12.5. The average molecular weight is 423 g/mol. The monoisotopic (exact) mass is 422 g/mol. The lowest BCUT2D eigenvalue weighted by molar-refractivity contribution is -0.130. The summed E-state index contributed by atoms with van der Waals surface area (Å²) in [6.07, 6.45) is 0.694. The standard InChI is InChI=1S/C22H22N4O3S/c1-3-28-16-10-8-15(9-11-16)22-24-19(29-25-22)12-13-21(27)26(2)14-20-23-17-6-4-5-7-18(17)30-20/h4-11H,3,12-14H2,1-2H3. The fraction of sp³-hybridized carbons (Fsp3) is 0.273. The van der Waals surface area contributed by atoms with E-state index in [4.69, 9.17) is 9.26 Å². The Morgan fingerprint density at radius 1 is 1.13 bits per heavy atom. The first kappa shape index (κ1) is 20.0. The number of aromatic nitrogens is 3. The van der Waals surface area contributed by atoms with Gasteiger partial charge in [-0.2, -0.15) is 4.98 Å². The van der Waals surface area contributed by atoms with Gasteiger partial charge in [0.25, 0.3) is 0 Å². The molecule has 0 atom stereocenters. The van der Waals surface area contributed by atoms with Crippen molar-refractivity contribution in [3.8, 4) is 17.1 Å². The van der Waals surface area contributed by atoms with Crippen molar-refractivity contribution < 1.29 is 14.1 Å². The van der Waals surface area contributed by atoms with Crippen molar-refractivity contribution >= 4 is 27.5 Å². The van der Waals surface area contributed by atoms with Gasteiger partial charge in [0, 0.05) is 25.5 Å². The fourth-order valence-electron chi connectivity index (χ4n) is 3.02. The van der Waals surface area contributed by atoms with E-state index in [9.17, 15) is 4.79 Å². The molecule has 7 nitrogen and oxygen atoms in total. The molecule has 0 unspecified atom stereocenters. The van der Waals surface area contributed by atoms with Crippen LogP contribution in [0.25, 0.3) is 21.6 Å². The van der Waals surface area contributed by atoms with E-state index in [2.05, 4.69) is 15.1 Å². The van der Waals surface area contributed by atoms with Gasteiger partial charge in [0.15, 0.2) is 0 Å². The number of thiazole rings is 1. The van der Waals surface area contributed by atoms with Crippen LogP contribution in [0.1, 0.15) is 24.2 Å². The van der Waals surface area contributed by atoms with E-state index in [-0.39, 0.29) is 5.91 Å². The third-order valence-corrected chi connectivity index (χ3v) is 5.60. The van der Waals surface area contributed by atoms with E-state index in [1.165, 1.54) is 0 Å². The molecule has 0 bridgehead atoms. The second kappa shape index (κ2) is 9.04. The second-order valence-electron chi connectivity index (χ2n) is 6.79. The molecule has 0 N–H and O–H groups in total. The van der Waals surface area contributed by atoms with Crippen LogP contribution in [0.15, 0.2) is 53.1 Å². The number of benzene rings is 2. The minimum atomic E-state index is 0.00933. The topological polar surface area (TPSA) is 81.4 Å². The number of hydrogen-bond donors (Lipinski definition) is 0. The molecule has 8 heteroatoms. The number of aryl methyl sites for hydroxylation is 1. The van der Waals surface area contributed by atoms with E-state index < -0.39 is 0 Å². The number of ether oxygens (including phenoxy) is 1. The number of amides is 1. The number of carbonyl (C=O) groups excluding carboxylic acids is 1. The van der Waals surface area contributed by atoms with Crippen molar-refractivity contribution in [2.75, 3.05) is 13.7 Å². The summed E-state index contributed by atoms with van der Waals surface area (Å²) in [6, 6.07) is 15.5. The molecule has 4 rings (SSSR count). The number of hydrogen-bond acceptors (Lipinski definition) is 7. The molecule has 0 aliphatic carbocycles. The Hall–Kier alpha value is -3.26. The van der Waals surface area contributed by atoms with Gasteiger partial charge in [-0.3, -0.25) is 4.79 Å². The molecule has 2 aromatic carbocycles. The Morgan fingerprint density at radius 2 is 1.93 bits per heavy atom. The van der Waals surface area contributed by atoms with Crippen LogP contribution < -0.4 is 4.74 Å². The third kappa shape index (κ3) is 4.65.